The zero-order valence-corrected chi connectivity index (χ0v) is 16.5. The molecule has 1 amide bonds. The molecule has 0 spiro atoms. The third kappa shape index (κ3) is 4.96. The van der Waals surface area contributed by atoms with Gasteiger partial charge < -0.3 is 10.1 Å². The Hall–Kier alpha value is -1.63. The Morgan fingerprint density at radius 2 is 1.85 bits per heavy atom. The van der Waals surface area contributed by atoms with E-state index in [1.165, 1.54) is 12.5 Å². The second-order valence-electron chi connectivity index (χ2n) is 5.74. The molecular weight excluding hydrogens is 390 g/mol. The summed E-state index contributed by atoms with van der Waals surface area (Å²) in [5.41, 5.74) is 2.19. The highest BCUT2D eigenvalue weighted by molar-refractivity contribution is 8.19. The molecule has 2 aromatic carbocycles. The average Bonchev–Trinajstić information content (AvgIpc) is 3.16. The first-order valence-electron chi connectivity index (χ1n) is 8.13. The number of nitrogens with one attached hydrogen (secondary N) is 1. The van der Waals surface area contributed by atoms with E-state index in [0.717, 1.165) is 11.5 Å². The second-order valence-corrected chi connectivity index (χ2v) is 8.90. The van der Waals surface area contributed by atoms with Crippen LogP contribution < -0.4 is 5.32 Å². The van der Waals surface area contributed by atoms with Crippen molar-refractivity contribution in [2.24, 2.45) is 0 Å². The van der Waals surface area contributed by atoms with Crippen molar-refractivity contribution in [2.45, 2.75) is 17.6 Å². The van der Waals surface area contributed by atoms with Crippen LogP contribution in [-0.4, -0.2) is 29.5 Å². The van der Waals surface area contributed by atoms with Crippen molar-refractivity contribution in [2.75, 3.05) is 16.8 Å². The quantitative estimate of drug-likeness (QED) is 0.706. The number of carbonyl (C=O) groups is 2. The largest absolute Gasteiger partial charge is 0.449 e. The second kappa shape index (κ2) is 8.84. The van der Waals surface area contributed by atoms with Crippen molar-refractivity contribution >= 4 is 52.7 Å². The van der Waals surface area contributed by atoms with Crippen LogP contribution >= 0.6 is 35.1 Å². The van der Waals surface area contributed by atoms with E-state index in [1.807, 2.05) is 35.7 Å². The van der Waals surface area contributed by atoms with Gasteiger partial charge in [0.2, 0.25) is 0 Å². The molecule has 1 aliphatic rings. The molecule has 1 fully saturated rings. The number of anilines is 1. The number of hydrogen-bond donors (Lipinski definition) is 1. The maximum Gasteiger partial charge on any atom is 0.338 e. The minimum atomic E-state index is -0.915. The molecule has 1 saturated heterocycles. The number of hydrogen-bond acceptors (Lipinski definition) is 5. The number of ether oxygens (including phenoxy) is 1. The summed E-state index contributed by atoms with van der Waals surface area (Å²) >= 11 is 9.71. The fourth-order valence-corrected chi connectivity index (χ4v) is 5.47. The molecule has 1 aliphatic heterocycles. The lowest BCUT2D eigenvalue weighted by Gasteiger charge is -2.14. The average molecular weight is 408 g/mol. The van der Waals surface area contributed by atoms with E-state index in [1.54, 1.807) is 36.4 Å². The molecule has 1 N–H and O–H groups in total. The molecule has 136 valence electrons. The number of benzene rings is 2. The number of esters is 1. The summed E-state index contributed by atoms with van der Waals surface area (Å²) in [6.45, 7) is 1.54. The Morgan fingerprint density at radius 1 is 1.15 bits per heavy atom. The van der Waals surface area contributed by atoms with Gasteiger partial charge in [0.25, 0.3) is 5.91 Å². The van der Waals surface area contributed by atoms with Gasteiger partial charge in [0.05, 0.1) is 10.1 Å². The minimum Gasteiger partial charge on any atom is -0.449 e. The lowest BCUT2D eigenvalue weighted by atomic mass is 10.1. The predicted octanol–water partition coefficient (Wildman–Crippen LogP) is 5.00. The Morgan fingerprint density at radius 3 is 2.50 bits per heavy atom. The van der Waals surface area contributed by atoms with Gasteiger partial charge in [0.15, 0.2) is 6.10 Å². The first-order valence-corrected chi connectivity index (χ1v) is 10.6. The van der Waals surface area contributed by atoms with Crippen molar-refractivity contribution in [1.82, 2.24) is 0 Å². The van der Waals surface area contributed by atoms with Crippen molar-refractivity contribution < 1.29 is 14.3 Å². The van der Waals surface area contributed by atoms with Gasteiger partial charge in [-0.1, -0.05) is 29.8 Å². The summed E-state index contributed by atoms with van der Waals surface area (Å²) < 4.78 is 5.70. The van der Waals surface area contributed by atoms with Crippen LogP contribution in [0.25, 0.3) is 0 Å². The van der Waals surface area contributed by atoms with Crippen LogP contribution in [-0.2, 0) is 9.53 Å². The normalized spacial score (nSPS) is 15.5. The molecule has 1 atom stereocenters. The standard InChI is InChI=1S/C19H18ClNO3S2/c1-12(17(22)21-16-4-2-3-15(20)11-16)24-18(23)13-5-7-14(8-6-13)19-25-9-10-26-19/h2-8,11-12,19H,9-10H2,1H3,(H,21,22)/t12-/m0/s1. The van der Waals surface area contributed by atoms with E-state index in [0.29, 0.717) is 20.9 Å². The van der Waals surface area contributed by atoms with E-state index < -0.39 is 18.0 Å². The lowest BCUT2D eigenvalue weighted by molar-refractivity contribution is -0.123. The zero-order chi connectivity index (χ0) is 18.5. The predicted molar refractivity (Wildman–Crippen MR) is 109 cm³/mol. The molecule has 2 aromatic rings. The molecular formula is C19H18ClNO3S2. The number of thioether (sulfide) groups is 2. The third-order valence-corrected chi connectivity index (χ3v) is 7.13. The molecule has 26 heavy (non-hydrogen) atoms. The van der Waals surface area contributed by atoms with Gasteiger partial charge in [0, 0.05) is 22.2 Å². The molecule has 7 heteroatoms. The van der Waals surface area contributed by atoms with E-state index in [2.05, 4.69) is 5.32 Å². The monoisotopic (exact) mass is 407 g/mol. The van der Waals surface area contributed by atoms with Crippen LogP contribution in [0.2, 0.25) is 5.02 Å². The van der Waals surface area contributed by atoms with E-state index in [4.69, 9.17) is 16.3 Å². The van der Waals surface area contributed by atoms with Crippen LogP contribution in [0, 0.1) is 0 Å². The number of carbonyl (C=O) groups excluding carboxylic acids is 2. The highest BCUT2D eigenvalue weighted by atomic mass is 35.5. The zero-order valence-electron chi connectivity index (χ0n) is 14.1. The maximum absolute atomic E-state index is 12.3. The molecule has 1 heterocycles. The van der Waals surface area contributed by atoms with Gasteiger partial charge in [-0.3, -0.25) is 4.79 Å². The van der Waals surface area contributed by atoms with Crippen LogP contribution in [0.1, 0.15) is 27.4 Å². The fraction of sp³-hybridized carbons (Fsp3) is 0.263. The molecule has 4 nitrogen and oxygen atoms in total. The van der Waals surface area contributed by atoms with Crippen LogP contribution in [0.5, 0.6) is 0 Å². The number of amides is 1. The first kappa shape index (κ1) is 19.1. The highest BCUT2D eigenvalue weighted by Crippen LogP contribution is 2.45. The van der Waals surface area contributed by atoms with E-state index >= 15 is 0 Å². The van der Waals surface area contributed by atoms with Crippen molar-refractivity contribution in [3.8, 4) is 0 Å². The van der Waals surface area contributed by atoms with Crippen LogP contribution in [0.4, 0.5) is 5.69 Å². The summed E-state index contributed by atoms with van der Waals surface area (Å²) in [5.74, 6) is 1.38. The Labute approximate surface area is 166 Å². The van der Waals surface area contributed by atoms with Crippen molar-refractivity contribution in [3.05, 3.63) is 64.7 Å². The van der Waals surface area contributed by atoms with Crippen LogP contribution in [0.15, 0.2) is 48.5 Å². The summed E-state index contributed by atoms with van der Waals surface area (Å²) in [4.78, 5) is 24.4. The van der Waals surface area contributed by atoms with Gasteiger partial charge in [0.1, 0.15) is 0 Å². The number of halogens is 1. The Bertz CT molecular complexity index is 792. The molecule has 0 radical (unpaired) electrons. The molecule has 3 rings (SSSR count). The molecule has 0 aromatic heterocycles. The van der Waals surface area contributed by atoms with E-state index in [9.17, 15) is 9.59 Å². The molecule has 0 unspecified atom stereocenters. The summed E-state index contributed by atoms with van der Waals surface area (Å²) in [6, 6.07) is 14.2. The Kier molecular flexibility index (Phi) is 6.51. The highest BCUT2D eigenvalue weighted by Gasteiger charge is 2.21. The number of rotatable bonds is 5. The summed E-state index contributed by atoms with van der Waals surface area (Å²) in [5, 5.41) is 3.20. The first-order chi connectivity index (χ1) is 12.5. The molecule has 0 saturated carbocycles. The lowest BCUT2D eigenvalue weighted by Crippen LogP contribution is -2.30. The summed E-state index contributed by atoms with van der Waals surface area (Å²) in [7, 11) is 0. The minimum absolute atomic E-state index is 0.406. The third-order valence-electron chi connectivity index (χ3n) is 3.79. The topological polar surface area (TPSA) is 55.4 Å². The smallest absolute Gasteiger partial charge is 0.338 e. The van der Waals surface area contributed by atoms with Gasteiger partial charge in [-0.2, -0.15) is 0 Å². The SMILES string of the molecule is C[C@H](OC(=O)c1ccc(C2SCCS2)cc1)C(=O)Nc1cccc(Cl)c1. The molecule has 0 bridgehead atoms. The summed E-state index contributed by atoms with van der Waals surface area (Å²) in [6.07, 6.45) is -0.915. The van der Waals surface area contributed by atoms with Gasteiger partial charge in [-0.25, -0.2) is 4.79 Å². The van der Waals surface area contributed by atoms with E-state index in [-0.39, 0.29) is 0 Å². The maximum atomic E-state index is 12.3. The van der Waals surface area contributed by atoms with Crippen molar-refractivity contribution in [1.29, 1.82) is 0 Å². The van der Waals surface area contributed by atoms with Gasteiger partial charge >= 0.3 is 5.97 Å². The van der Waals surface area contributed by atoms with Gasteiger partial charge in [-0.15, -0.1) is 23.5 Å². The van der Waals surface area contributed by atoms with Crippen LogP contribution in [0.3, 0.4) is 0 Å². The Balaban J connectivity index is 1.57. The van der Waals surface area contributed by atoms with Gasteiger partial charge in [-0.05, 0) is 42.8 Å². The molecule has 0 aliphatic carbocycles. The fourth-order valence-electron chi connectivity index (χ4n) is 2.42. The van der Waals surface area contributed by atoms with Crippen molar-refractivity contribution in [3.63, 3.8) is 0 Å².